The highest BCUT2D eigenvalue weighted by Crippen LogP contribution is 2.23. The molecule has 2 N–H and O–H groups in total. The summed E-state index contributed by atoms with van der Waals surface area (Å²) in [6.45, 7) is 11.3. The highest BCUT2D eigenvalue weighted by molar-refractivity contribution is 5.79. The first-order valence-corrected chi connectivity index (χ1v) is 7.92. The lowest BCUT2D eigenvalue weighted by atomic mass is 10.1. The maximum absolute atomic E-state index is 12.3. The Labute approximate surface area is 133 Å². The second-order valence-electron chi connectivity index (χ2n) is 7.19. The van der Waals surface area contributed by atoms with E-state index in [2.05, 4.69) is 29.8 Å². The van der Waals surface area contributed by atoms with E-state index in [1.165, 1.54) is 0 Å². The van der Waals surface area contributed by atoms with Crippen molar-refractivity contribution in [1.29, 1.82) is 0 Å². The number of dihydropyridines is 1. The lowest BCUT2D eigenvalue weighted by Crippen LogP contribution is -2.58. The summed E-state index contributed by atoms with van der Waals surface area (Å²) in [4.78, 5) is 20.7. The first-order chi connectivity index (χ1) is 10.2. The number of hydrogen-bond acceptors (Lipinski definition) is 5. The van der Waals surface area contributed by atoms with E-state index < -0.39 is 5.60 Å². The van der Waals surface area contributed by atoms with Crippen molar-refractivity contribution in [3.8, 4) is 0 Å². The van der Waals surface area contributed by atoms with Gasteiger partial charge in [0, 0.05) is 37.8 Å². The van der Waals surface area contributed by atoms with Crippen molar-refractivity contribution in [3.05, 3.63) is 11.8 Å². The Hall–Kier alpha value is -1.56. The fraction of sp³-hybridized carbons (Fsp3) is 0.750. The number of nitrogens with two attached hydrogens (primary N) is 1. The van der Waals surface area contributed by atoms with Gasteiger partial charge in [-0.05, 0) is 34.6 Å². The molecule has 1 saturated heterocycles. The van der Waals surface area contributed by atoms with Gasteiger partial charge in [-0.25, -0.2) is 4.79 Å². The zero-order valence-electron chi connectivity index (χ0n) is 14.2. The monoisotopic (exact) mass is 308 g/mol. The van der Waals surface area contributed by atoms with Gasteiger partial charge in [0.1, 0.15) is 11.8 Å². The van der Waals surface area contributed by atoms with Crippen LogP contribution in [0.25, 0.3) is 0 Å². The smallest absolute Gasteiger partial charge is 0.410 e. The van der Waals surface area contributed by atoms with Crippen molar-refractivity contribution in [3.63, 3.8) is 0 Å². The molecule has 0 aromatic rings. The van der Waals surface area contributed by atoms with E-state index in [-0.39, 0.29) is 24.3 Å². The summed E-state index contributed by atoms with van der Waals surface area (Å²) in [5, 5.41) is 0. The van der Waals surface area contributed by atoms with Crippen LogP contribution in [0.1, 0.15) is 41.0 Å². The molecule has 22 heavy (non-hydrogen) atoms. The number of nitrogens with zero attached hydrogens (tertiary/aromatic N) is 3. The highest BCUT2D eigenvalue weighted by atomic mass is 16.6. The molecule has 1 amide bonds. The third-order valence-corrected chi connectivity index (χ3v) is 3.91. The van der Waals surface area contributed by atoms with Crippen LogP contribution in [0.4, 0.5) is 4.79 Å². The second-order valence-corrected chi connectivity index (χ2v) is 7.19. The Morgan fingerprint density at radius 2 is 2.00 bits per heavy atom. The van der Waals surface area contributed by atoms with Gasteiger partial charge in [-0.3, -0.25) is 4.99 Å². The Morgan fingerprint density at radius 3 is 2.55 bits per heavy atom. The molecule has 0 aliphatic carbocycles. The maximum atomic E-state index is 12.3. The maximum Gasteiger partial charge on any atom is 0.410 e. The zero-order chi connectivity index (χ0) is 16.5. The van der Waals surface area contributed by atoms with Crippen molar-refractivity contribution >= 4 is 12.3 Å². The van der Waals surface area contributed by atoms with Gasteiger partial charge < -0.3 is 20.3 Å². The van der Waals surface area contributed by atoms with Crippen molar-refractivity contribution in [2.75, 3.05) is 13.1 Å². The number of allylic oxidation sites excluding steroid dienone is 1. The molecular weight excluding hydrogens is 280 g/mol. The Balaban J connectivity index is 2.03. The van der Waals surface area contributed by atoms with E-state index in [9.17, 15) is 4.79 Å². The number of amides is 1. The molecule has 2 aliphatic heterocycles. The fourth-order valence-electron chi connectivity index (χ4n) is 2.78. The van der Waals surface area contributed by atoms with Gasteiger partial charge in [0.15, 0.2) is 0 Å². The van der Waals surface area contributed by atoms with Gasteiger partial charge in [0.2, 0.25) is 0 Å². The third kappa shape index (κ3) is 4.00. The Morgan fingerprint density at radius 1 is 1.32 bits per heavy atom. The third-order valence-electron chi connectivity index (χ3n) is 3.91. The van der Waals surface area contributed by atoms with Crippen molar-refractivity contribution in [2.24, 2.45) is 10.7 Å². The molecule has 3 atom stereocenters. The molecule has 1 unspecified atom stereocenters. The molecule has 0 spiro atoms. The van der Waals surface area contributed by atoms with Crippen molar-refractivity contribution < 1.29 is 9.53 Å². The van der Waals surface area contributed by atoms with Crippen LogP contribution in [-0.4, -0.2) is 59.0 Å². The molecule has 6 heteroatoms. The van der Waals surface area contributed by atoms with Crippen LogP contribution in [0, 0.1) is 0 Å². The first-order valence-electron chi connectivity index (χ1n) is 7.92. The van der Waals surface area contributed by atoms with E-state index in [1.807, 2.05) is 31.9 Å². The van der Waals surface area contributed by atoms with Crippen LogP contribution in [0.3, 0.4) is 0 Å². The minimum atomic E-state index is -0.466. The summed E-state index contributed by atoms with van der Waals surface area (Å²) >= 11 is 0. The van der Waals surface area contributed by atoms with Gasteiger partial charge in [0.05, 0.1) is 5.70 Å². The summed E-state index contributed by atoms with van der Waals surface area (Å²) in [6.07, 6.45) is 4.38. The van der Waals surface area contributed by atoms with Crippen LogP contribution >= 0.6 is 0 Å². The number of ether oxygens (including phenoxy) is 1. The second kappa shape index (κ2) is 6.28. The predicted octanol–water partition coefficient (Wildman–Crippen LogP) is 1.96. The Bertz CT molecular complexity index is 481. The van der Waals surface area contributed by atoms with Gasteiger partial charge >= 0.3 is 6.09 Å². The quantitative estimate of drug-likeness (QED) is 0.804. The average Bonchev–Trinajstić information content (AvgIpc) is 2.40. The molecule has 0 saturated carbocycles. The number of hydrogen-bond donors (Lipinski definition) is 1. The summed E-state index contributed by atoms with van der Waals surface area (Å²) in [5.41, 5.74) is 6.41. The molecule has 2 rings (SSSR count). The molecule has 0 aromatic carbocycles. The average molecular weight is 308 g/mol. The standard InChI is InChI=1S/C16H28N4O2/c1-11-10-20(15(21)22-16(3,4)5)12(2)9-19(11)13-6-7-14(17)18-8-13/h6,8,11-12,14H,7,9-10,17H2,1-5H3/t11-,12+,14?/m0/s1. The van der Waals surface area contributed by atoms with Crippen molar-refractivity contribution in [2.45, 2.75) is 64.9 Å². The molecule has 124 valence electrons. The minimum absolute atomic E-state index is 0.0935. The van der Waals surface area contributed by atoms with Gasteiger partial charge in [-0.2, -0.15) is 0 Å². The molecule has 6 nitrogen and oxygen atoms in total. The van der Waals surface area contributed by atoms with E-state index in [0.717, 1.165) is 18.7 Å². The fourth-order valence-corrected chi connectivity index (χ4v) is 2.78. The summed E-state index contributed by atoms with van der Waals surface area (Å²) in [7, 11) is 0. The van der Waals surface area contributed by atoms with Crippen LogP contribution in [0.2, 0.25) is 0 Å². The molecule has 0 bridgehead atoms. The van der Waals surface area contributed by atoms with E-state index in [0.29, 0.717) is 6.54 Å². The molecule has 1 fully saturated rings. The van der Waals surface area contributed by atoms with E-state index in [1.54, 1.807) is 0 Å². The molecule has 2 aliphatic rings. The normalized spacial score (nSPS) is 29.4. The summed E-state index contributed by atoms with van der Waals surface area (Å²) < 4.78 is 5.50. The summed E-state index contributed by atoms with van der Waals surface area (Å²) in [5.74, 6) is 0. The minimum Gasteiger partial charge on any atom is -0.444 e. The largest absolute Gasteiger partial charge is 0.444 e. The van der Waals surface area contributed by atoms with Crippen LogP contribution in [0.5, 0.6) is 0 Å². The van der Waals surface area contributed by atoms with Gasteiger partial charge in [0.25, 0.3) is 0 Å². The Kier molecular flexibility index (Phi) is 4.80. The molecule has 2 heterocycles. The number of rotatable bonds is 1. The number of carbonyl (C=O) groups excluding carboxylic acids is 1. The molecular formula is C16H28N4O2. The number of carbonyl (C=O) groups is 1. The predicted molar refractivity (Wildman–Crippen MR) is 87.7 cm³/mol. The highest BCUT2D eigenvalue weighted by Gasteiger charge is 2.35. The van der Waals surface area contributed by atoms with Crippen LogP contribution in [0.15, 0.2) is 16.8 Å². The molecule has 0 aromatic heterocycles. The summed E-state index contributed by atoms with van der Waals surface area (Å²) in [6, 6.07) is 0.312. The molecule has 0 radical (unpaired) electrons. The lowest BCUT2D eigenvalue weighted by Gasteiger charge is -2.45. The lowest BCUT2D eigenvalue weighted by molar-refractivity contribution is -0.00320. The number of piperazine rings is 1. The zero-order valence-corrected chi connectivity index (χ0v) is 14.2. The van der Waals surface area contributed by atoms with E-state index in [4.69, 9.17) is 10.5 Å². The van der Waals surface area contributed by atoms with Gasteiger partial charge in [-0.15, -0.1) is 0 Å². The van der Waals surface area contributed by atoms with E-state index >= 15 is 0 Å². The van der Waals surface area contributed by atoms with Crippen molar-refractivity contribution in [1.82, 2.24) is 9.80 Å². The van der Waals surface area contributed by atoms with Crippen LogP contribution in [-0.2, 0) is 4.74 Å². The number of aliphatic imine (C=N–C) groups is 1. The van der Waals surface area contributed by atoms with Crippen LogP contribution < -0.4 is 5.73 Å². The van der Waals surface area contributed by atoms with Gasteiger partial charge in [-0.1, -0.05) is 6.08 Å². The SMILES string of the molecule is C[C@@H]1CN(C2=CCC(N)N=C2)[C@@H](C)CN1C(=O)OC(C)(C)C. The topological polar surface area (TPSA) is 71.2 Å². The first kappa shape index (κ1) is 16.8.